The topological polar surface area (TPSA) is 71.1 Å². The van der Waals surface area contributed by atoms with Crippen LogP contribution in [-0.2, 0) is 9.47 Å². The monoisotopic (exact) mass is 823 g/mol. The lowest BCUT2D eigenvalue weighted by Crippen LogP contribution is -2.19. The number of carbonyl (C=O) groups excluding carboxylic acids is 2. The van der Waals surface area contributed by atoms with Crippen molar-refractivity contribution < 1.29 is 28.5 Å². The minimum atomic E-state index is -0.757. The van der Waals surface area contributed by atoms with Gasteiger partial charge in [0.1, 0.15) is 18.1 Å². The fraction of sp³-hybridized carbons (Fsp3) is 0.630. The highest BCUT2D eigenvalue weighted by atomic mass is 16.6. The maximum atomic E-state index is 13.3. The molecular formula is C54H78O6. The number of benzene rings is 3. The molecule has 2 aliphatic carbocycles. The summed E-state index contributed by atoms with van der Waals surface area (Å²) in [6.45, 7) is 5.83. The number of unbranched alkanes of at least 4 members (excludes halogenated alkanes) is 8. The van der Waals surface area contributed by atoms with E-state index in [0.29, 0.717) is 24.3 Å². The summed E-state index contributed by atoms with van der Waals surface area (Å²) in [7, 11) is 0. The molecule has 0 unspecified atom stereocenters. The van der Waals surface area contributed by atoms with Gasteiger partial charge in [-0.3, -0.25) is 0 Å². The molecule has 60 heavy (non-hydrogen) atoms. The van der Waals surface area contributed by atoms with Crippen LogP contribution < -0.4 is 9.47 Å². The van der Waals surface area contributed by atoms with Crippen molar-refractivity contribution in [2.75, 3.05) is 19.8 Å². The van der Waals surface area contributed by atoms with E-state index in [0.717, 1.165) is 53.6 Å². The Morgan fingerprint density at radius 2 is 0.883 bits per heavy atom. The number of ether oxygens (including phenoxy) is 4. The van der Waals surface area contributed by atoms with Crippen molar-refractivity contribution in [3.8, 4) is 11.5 Å². The lowest BCUT2D eigenvalue weighted by molar-refractivity contribution is -0.00134. The molecule has 0 N–H and O–H groups in total. The van der Waals surface area contributed by atoms with E-state index in [2.05, 4.69) is 13.8 Å². The molecule has 2 aliphatic rings. The average Bonchev–Trinajstić information content (AvgIpc) is 3.29. The van der Waals surface area contributed by atoms with E-state index < -0.39 is 18.0 Å². The molecule has 2 fully saturated rings. The molecule has 0 aromatic heterocycles. The third-order valence-corrected chi connectivity index (χ3v) is 13.4. The summed E-state index contributed by atoms with van der Waals surface area (Å²) in [6.07, 6.45) is 31.5. The van der Waals surface area contributed by atoms with Crippen LogP contribution in [0.1, 0.15) is 200 Å². The van der Waals surface area contributed by atoms with Crippen LogP contribution >= 0.6 is 0 Å². The maximum absolute atomic E-state index is 13.3. The van der Waals surface area contributed by atoms with Gasteiger partial charge in [-0.1, -0.05) is 173 Å². The van der Waals surface area contributed by atoms with Gasteiger partial charge in [0.05, 0.1) is 24.3 Å². The van der Waals surface area contributed by atoms with Crippen molar-refractivity contribution in [2.24, 2.45) is 23.7 Å². The zero-order valence-corrected chi connectivity index (χ0v) is 37.4. The number of hydrogen-bond acceptors (Lipinski definition) is 6. The SMILES string of the molecule is CCCCCCC[C@H]1CC[C@H](CCCOc2ccc(C(=O)OC[C@H](OC(=O)c3ccc(OCCC[C@H]4CC[C@H](CCCCCCC)CC4)cc3)c3ccccc3)cc2)CC1. The summed E-state index contributed by atoms with van der Waals surface area (Å²) in [4.78, 5) is 26.4. The minimum Gasteiger partial charge on any atom is -0.494 e. The van der Waals surface area contributed by atoms with Gasteiger partial charge < -0.3 is 18.9 Å². The van der Waals surface area contributed by atoms with E-state index in [-0.39, 0.29) is 6.61 Å². The van der Waals surface area contributed by atoms with Crippen molar-refractivity contribution >= 4 is 11.9 Å². The summed E-state index contributed by atoms with van der Waals surface area (Å²) < 4.78 is 23.7. The van der Waals surface area contributed by atoms with Crippen LogP contribution in [0.5, 0.6) is 11.5 Å². The van der Waals surface area contributed by atoms with Gasteiger partial charge in [-0.05, 0) is 103 Å². The van der Waals surface area contributed by atoms with E-state index >= 15 is 0 Å². The number of hydrogen-bond donors (Lipinski definition) is 0. The molecule has 0 bridgehead atoms. The summed E-state index contributed by atoms with van der Waals surface area (Å²) >= 11 is 0. The van der Waals surface area contributed by atoms with Gasteiger partial charge in [0.15, 0.2) is 6.10 Å². The molecule has 1 atom stereocenters. The molecule has 6 heteroatoms. The predicted molar refractivity (Wildman–Crippen MR) is 245 cm³/mol. The van der Waals surface area contributed by atoms with Crippen molar-refractivity contribution in [2.45, 2.75) is 174 Å². The molecule has 0 aliphatic heterocycles. The first-order valence-electron chi connectivity index (χ1n) is 24.4. The zero-order valence-electron chi connectivity index (χ0n) is 37.4. The van der Waals surface area contributed by atoms with E-state index in [4.69, 9.17) is 18.9 Å². The number of rotatable bonds is 28. The van der Waals surface area contributed by atoms with Gasteiger partial charge in [0.2, 0.25) is 0 Å². The van der Waals surface area contributed by atoms with Gasteiger partial charge in [-0.25, -0.2) is 9.59 Å². The highest BCUT2D eigenvalue weighted by Gasteiger charge is 2.23. The molecule has 0 spiro atoms. The zero-order chi connectivity index (χ0) is 42.0. The molecule has 330 valence electrons. The van der Waals surface area contributed by atoms with Crippen LogP contribution in [0.4, 0.5) is 0 Å². The van der Waals surface area contributed by atoms with Crippen LogP contribution in [-0.4, -0.2) is 31.8 Å². The van der Waals surface area contributed by atoms with Crippen molar-refractivity contribution in [1.82, 2.24) is 0 Å². The summed E-state index contributed by atoms with van der Waals surface area (Å²) in [6, 6.07) is 23.7. The summed E-state index contributed by atoms with van der Waals surface area (Å²) in [5, 5.41) is 0. The molecule has 6 nitrogen and oxygen atoms in total. The number of carbonyl (C=O) groups is 2. The third-order valence-electron chi connectivity index (χ3n) is 13.4. The Kier molecular flexibility index (Phi) is 22.0. The molecule has 2 saturated carbocycles. The first kappa shape index (κ1) is 47.3. The fourth-order valence-electron chi connectivity index (χ4n) is 9.49. The Bertz CT molecular complexity index is 1570. The standard InChI is InChI=1S/C54H78O6/c1-3-5-7-9-12-18-43-24-28-45(29-25-43)20-16-40-57-50-36-32-48(33-37-50)53(55)59-42-52(47-22-14-11-15-23-47)60-54(56)49-34-38-51(39-35-49)58-41-17-21-46-30-26-44(27-31-46)19-13-10-8-6-4-2/h11,14-15,22-23,32-39,43-46,52H,3-10,12-13,16-21,24-31,40-42H2,1-2H3/t43-,44-,45-,46-,52-/m0/s1. The minimum absolute atomic E-state index is 0.102. The largest absolute Gasteiger partial charge is 0.494 e. The van der Waals surface area contributed by atoms with Gasteiger partial charge >= 0.3 is 11.9 Å². The molecule has 5 rings (SSSR count). The third kappa shape index (κ3) is 17.7. The second-order valence-electron chi connectivity index (χ2n) is 18.1. The van der Waals surface area contributed by atoms with Crippen LogP contribution in [0.15, 0.2) is 78.9 Å². The first-order valence-corrected chi connectivity index (χ1v) is 24.4. The van der Waals surface area contributed by atoms with Gasteiger partial charge in [0.25, 0.3) is 0 Å². The van der Waals surface area contributed by atoms with Crippen molar-refractivity contribution in [3.63, 3.8) is 0 Å². The Morgan fingerprint density at radius 1 is 0.483 bits per heavy atom. The highest BCUT2D eigenvalue weighted by Crippen LogP contribution is 2.36. The van der Waals surface area contributed by atoms with Crippen LogP contribution in [0, 0.1) is 23.7 Å². The molecule has 3 aromatic carbocycles. The number of esters is 2. The quantitative estimate of drug-likeness (QED) is 0.0537. The van der Waals surface area contributed by atoms with E-state index in [9.17, 15) is 9.59 Å². The van der Waals surface area contributed by atoms with Crippen LogP contribution in [0.3, 0.4) is 0 Å². The Balaban J connectivity index is 0.968. The normalized spacial score (nSPS) is 19.6. The Labute approximate surface area is 363 Å². The predicted octanol–water partition coefficient (Wildman–Crippen LogP) is 15.1. The molecule has 3 aromatic rings. The van der Waals surface area contributed by atoms with Gasteiger partial charge in [-0.2, -0.15) is 0 Å². The van der Waals surface area contributed by atoms with Crippen molar-refractivity contribution in [1.29, 1.82) is 0 Å². The second kappa shape index (κ2) is 27.9. The second-order valence-corrected chi connectivity index (χ2v) is 18.1. The summed E-state index contributed by atoms with van der Waals surface area (Å²) in [5.74, 6) is 4.09. The Morgan fingerprint density at radius 3 is 1.32 bits per heavy atom. The Hall–Kier alpha value is -3.80. The maximum Gasteiger partial charge on any atom is 0.338 e. The van der Waals surface area contributed by atoms with Crippen LogP contribution in [0.25, 0.3) is 0 Å². The molecular weight excluding hydrogens is 745 g/mol. The van der Waals surface area contributed by atoms with E-state index in [1.807, 2.05) is 54.6 Å². The lowest BCUT2D eigenvalue weighted by Gasteiger charge is -2.28. The van der Waals surface area contributed by atoms with Gasteiger partial charge in [-0.15, -0.1) is 0 Å². The molecule has 0 heterocycles. The molecule has 0 saturated heterocycles. The smallest absolute Gasteiger partial charge is 0.338 e. The lowest BCUT2D eigenvalue weighted by atomic mass is 9.78. The van der Waals surface area contributed by atoms with Crippen LogP contribution in [0.2, 0.25) is 0 Å². The van der Waals surface area contributed by atoms with Gasteiger partial charge in [0, 0.05) is 0 Å². The van der Waals surface area contributed by atoms with E-state index in [1.54, 1.807) is 24.3 Å². The average molecular weight is 823 g/mol. The van der Waals surface area contributed by atoms with Crippen molar-refractivity contribution in [3.05, 3.63) is 95.6 Å². The molecule has 0 amide bonds. The van der Waals surface area contributed by atoms with E-state index in [1.165, 1.54) is 141 Å². The summed E-state index contributed by atoms with van der Waals surface area (Å²) in [5.41, 5.74) is 1.60. The first-order chi connectivity index (χ1) is 29.5. The molecule has 0 radical (unpaired) electrons. The fourth-order valence-corrected chi connectivity index (χ4v) is 9.49. The highest BCUT2D eigenvalue weighted by molar-refractivity contribution is 5.90.